The largest absolute Gasteiger partial charge is 0.383 e. The van der Waals surface area contributed by atoms with Crippen LogP contribution in [0.2, 0.25) is 0 Å². The van der Waals surface area contributed by atoms with E-state index in [1.807, 2.05) is 6.92 Å². The van der Waals surface area contributed by atoms with Gasteiger partial charge in [0, 0.05) is 46.4 Å². The van der Waals surface area contributed by atoms with E-state index in [0.717, 1.165) is 6.42 Å². The van der Waals surface area contributed by atoms with Crippen molar-refractivity contribution in [1.29, 1.82) is 0 Å². The van der Waals surface area contributed by atoms with E-state index in [-0.39, 0.29) is 11.9 Å². The zero-order chi connectivity index (χ0) is 12.4. The summed E-state index contributed by atoms with van der Waals surface area (Å²) in [5.41, 5.74) is 5.76. The first kappa shape index (κ1) is 15.3. The molecule has 5 heteroatoms. The Balaban J connectivity index is 3.64. The fourth-order valence-corrected chi connectivity index (χ4v) is 1.38. The second-order valence-electron chi connectivity index (χ2n) is 3.79. The number of hydrogen-bond donors (Lipinski definition) is 1. The molecule has 0 aliphatic heterocycles. The lowest BCUT2D eigenvalue weighted by Gasteiger charge is -2.21. The first-order chi connectivity index (χ1) is 7.61. The normalized spacial score (nSPS) is 12.5. The van der Waals surface area contributed by atoms with Gasteiger partial charge in [-0.15, -0.1) is 0 Å². The predicted octanol–water partition coefficient (Wildman–Crippen LogP) is 0.235. The average molecular weight is 232 g/mol. The lowest BCUT2D eigenvalue weighted by atomic mass is 10.2. The van der Waals surface area contributed by atoms with Crippen molar-refractivity contribution in [2.75, 3.05) is 40.5 Å². The highest BCUT2D eigenvalue weighted by Crippen LogP contribution is 1.97. The van der Waals surface area contributed by atoms with Crippen molar-refractivity contribution in [2.45, 2.75) is 25.8 Å². The first-order valence-corrected chi connectivity index (χ1v) is 5.68. The molecule has 0 bridgehead atoms. The van der Waals surface area contributed by atoms with Gasteiger partial charge in [0.2, 0.25) is 5.91 Å². The fraction of sp³-hybridized carbons (Fsp3) is 0.909. The third-order valence-corrected chi connectivity index (χ3v) is 2.20. The molecule has 0 heterocycles. The van der Waals surface area contributed by atoms with Gasteiger partial charge in [0.1, 0.15) is 0 Å². The lowest BCUT2D eigenvalue weighted by molar-refractivity contribution is -0.130. The van der Waals surface area contributed by atoms with E-state index < -0.39 is 0 Å². The Morgan fingerprint density at radius 3 is 2.75 bits per heavy atom. The van der Waals surface area contributed by atoms with Crippen molar-refractivity contribution in [3.05, 3.63) is 0 Å². The number of nitrogens with zero attached hydrogens (tertiary/aromatic N) is 1. The van der Waals surface area contributed by atoms with Crippen molar-refractivity contribution in [3.63, 3.8) is 0 Å². The topological polar surface area (TPSA) is 64.8 Å². The molecule has 0 saturated carbocycles. The van der Waals surface area contributed by atoms with Crippen LogP contribution < -0.4 is 5.73 Å². The summed E-state index contributed by atoms with van der Waals surface area (Å²) in [5.74, 6) is 0.103. The minimum absolute atomic E-state index is 0.103. The molecule has 0 rings (SSSR count). The van der Waals surface area contributed by atoms with Crippen LogP contribution >= 0.6 is 0 Å². The van der Waals surface area contributed by atoms with E-state index in [0.29, 0.717) is 32.8 Å². The first-order valence-electron chi connectivity index (χ1n) is 5.68. The summed E-state index contributed by atoms with van der Waals surface area (Å²) in [6, 6.07) is -0.120. The second-order valence-corrected chi connectivity index (χ2v) is 3.79. The van der Waals surface area contributed by atoms with Crippen LogP contribution in [-0.2, 0) is 14.3 Å². The van der Waals surface area contributed by atoms with Crippen LogP contribution in [0.4, 0.5) is 0 Å². The maximum absolute atomic E-state index is 11.6. The van der Waals surface area contributed by atoms with Crippen LogP contribution in [-0.4, -0.2) is 57.4 Å². The quantitative estimate of drug-likeness (QED) is 0.578. The van der Waals surface area contributed by atoms with Crippen LogP contribution in [0.5, 0.6) is 0 Å². The summed E-state index contributed by atoms with van der Waals surface area (Å²) >= 11 is 0. The van der Waals surface area contributed by atoms with Gasteiger partial charge in [-0.25, -0.2) is 0 Å². The van der Waals surface area contributed by atoms with Gasteiger partial charge in [0.15, 0.2) is 0 Å². The van der Waals surface area contributed by atoms with E-state index in [9.17, 15) is 4.79 Å². The van der Waals surface area contributed by atoms with Gasteiger partial charge >= 0.3 is 0 Å². The van der Waals surface area contributed by atoms with E-state index in [4.69, 9.17) is 15.2 Å². The maximum atomic E-state index is 11.6. The Morgan fingerprint density at radius 1 is 1.50 bits per heavy atom. The van der Waals surface area contributed by atoms with E-state index in [2.05, 4.69) is 0 Å². The highest BCUT2D eigenvalue weighted by Gasteiger charge is 2.12. The smallest absolute Gasteiger partial charge is 0.222 e. The second kappa shape index (κ2) is 9.57. The third-order valence-electron chi connectivity index (χ3n) is 2.20. The Hall–Kier alpha value is -0.650. The maximum Gasteiger partial charge on any atom is 0.222 e. The SMILES string of the molecule is CCOCCCC(=O)N(C)CC(N)COC. The molecule has 5 nitrogen and oxygen atoms in total. The zero-order valence-corrected chi connectivity index (χ0v) is 10.6. The molecular weight excluding hydrogens is 208 g/mol. The van der Waals surface area contributed by atoms with Gasteiger partial charge in [-0.3, -0.25) is 4.79 Å². The number of nitrogens with two attached hydrogens (primary N) is 1. The minimum Gasteiger partial charge on any atom is -0.383 e. The fourth-order valence-electron chi connectivity index (χ4n) is 1.38. The summed E-state index contributed by atoms with van der Waals surface area (Å²) in [6.45, 7) is 4.28. The summed E-state index contributed by atoms with van der Waals surface area (Å²) in [4.78, 5) is 13.3. The summed E-state index contributed by atoms with van der Waals surface area (Å²) in [5, 5.41) is 0. The Bertz CT molecular complexity index is 188. The number of carbonyl (C=O) groups is 1. The van der Waals surface area contributed by atoms with Crippen LogP contribution in [0, 0.1) is 0 Å². The molecule has 0 radical (unpaired) electrons. The number of rotatable bonds is 9. The van der Waals surface area contributed by atoms with Gasteiger partial charge in [-0.1, -0.05) is 0 Å². The van der Waals surface area contributed by atoms with Crippen LogP contribution in [0.15, 0.2) is 0 Å². The standard InChI is InChI=1S/C11H24N2O3/c1-4-16-7-5-6-11(14)13(2)8-10(12)9-15-3/h10H,4-9,12H2,1-3H3. The Kier molecular flexibility index (Phi) is 9.18. The molecule has 0 aromatic heterocycles. The number of ether oxygens (including phenoxy) is 2. The molecule has 0 aliphatic carbocycles. The molecule has 0 fully saturated rings. The van der Waals surface area contributed by atoms with Gasteiger partial charge in [0.05, 0.1) is 6.61 Å². The van der Waals surface area contributed by atoms with Crippen LogP contribution in [0.1, 0.15) is 19.8 Å². The molecule has 0 aromatic carbocycles. The molecule has 0 spiro atoms. The van der Waals surface area contributed by atoms with Gasteiger partial charge in [0.25, 0.3) is 0 Å². The lowest BCUT2D eigenvalue weighted by Crippen LogP contribution is -2.41. The van der Waals surface area contributed by atoms with Crippen molar-refractivity contribution >= 4 is 5.91 Å². The Labute approximate surface area is 97.9 Å². The van der Waals surface area contributed by atoms with E-state index >= 15 is 0 Å². The summed E-state index contributed by atoms with van der Waals surface area (Å²) < 4.78 is 10.1. The number of amides is 1. The molecule has 0 aliphatic rings. The molecule has 0 aromatic rings. The van der Waals surface area contributed by atoms with Gasteiger partial charge < -0.3 is 20.1 Å². The molecule has 2 N–H and O–H groups in total. The average Bonchev–Trinajstić information content (AvgIpc) is 2.24. The van der Waals surface area contributed by atoms with Crippen LogP contribution in [0.25, 0.3) is 0 Å². The van der Waals surface area contributed by atoms with E-state index in [1.165, 1.54) is 0 Å². The van der Waals surface area contributed by atoms with Gasteiger partial charge in [-0.05, 0) is 13.3 Å². The molecule has 1 atom stereocenters. The molecule has 0 saturated heterocycles. The molecule has 16 heavy (non-hydrogen) atoms. The highest BCUT2D eigenvalue weighted by atomic mass is 16.5. The zero-order valence-electron chi connectivity index (χ0n) is 10.6. The highest BCUT2D eigenvalue weighted by molar-refractivity contribution is 5.75. The molecular formula is C11H24N2O3. The van der Waals surface area contributed by atoms with Crippen molar-refractivity contribution in [1.82, 2.24) is 4.90 Å². The summed E-state index contributed by atoms with van der Waals surface area (Å²) in [7, 11) is 3.36. The number of hydrogen-bond acceptors (Lipinski definition) is 4. The number of carbonyl (C=O) groups excluding carboxylic acids is 1. The van der Waals surface area contributed by atoms with Crippen LogP contribution in [0.3, 0.4) is 0 Å². The van der Waals surface area contributed by atoms with Crippen molar-refractivity contribution < 1.29 is 14.3 Å². The Morgan fingerprint density at radius 2 is 2.19 bits per heavy atom. The summed E-state index contributed by atoms with van der Waals surface area (Å²) in [6.07, 6.45) is 1.27. The molecule has 1 unspecified atom stereocenters. The van der Waals surface area contributed by atoms with E-state index in [1.54, 1.807) is 19.1 Å². The molecule has 1 amide bonds. The van der Waals surface area contributed by atoms with Gasteiger partial charge in [-0.2, -0.15) is 0 Å². The van der Waals surface area contributed by atoms with Crippen molar-refractivity contribution in [2.24, 2.45) is 5.73 Å². The minimum atomic E-state index is -0.120. The monoisotopic (exact) mass is 232 g/mol. The predicted molar refractivity (Wildman–Crippen MR) is 63.2 cm³/mol. The number of methoxy groups -OCH3 is 1. The number of likely N-dealkylation sites (N-methyl/N-ethyl adjacent to an activating group) is 1. The third kappa shape index (κ3) is 7.62. The van der Waals surface area contributed by atoms with Crippen molar-refractivity contribution in [3.8, 4) is 0 Å². The molecule has 96 valence electrons.